The predicted octanol–water partition coefficient (Wildman–Crippen LogP) is 2.76. The van der Waals surface area contributed by atoms with Crippen LogP contribution in [0.4, 0.5) is 4.39 Å². The number of fused-ring (bicyclic) bond motifs is 1. The van der Waals surface area contributed by atoms with Gasteiger partial charge in [-0.3, -0.25) is 0 Å². The number of benzene rings is 1. The van der Waals surface area contributed by atoms with Crippen LogP contribution in [-0.2, 0) is 6.42 Å². The molecule has 0 aliphatic carbocycles. The third-order valence-electron chi connectivity index (χ3n) is 2.52. The maximum absolute atomic E-state index is 12.7. The number of halogens is 1. The van der Waals surface area contributed by atoms with Crippen molar-refractivity contribution in [1.82, 2.24) is 5.32 Å². The van der Waals surface area contributed by atoms with E-state index in [1.54, 1.807) is 12.1 Å². The first-order valence-electron chi connectivity index (χ1n) is 5.77. The van der Waals surface area contributed by atoms with Crippen LogP contribution >= 0.6 is 0 Å². The van der Waals surface area contributed by atoms with Crippen molar-refractivity contribution in [2.24, 2.45) is 0 Å². The van der Waals surface area contributed by atoms with Gasteiger partial charge in [0, 0.05) is 0 Å². The van der Waals surface area contributed by atoms with Crippen LogP contribution in [0.2, 0.25) is 0 Å². The number of rotatable bonds is 1. The Morgan fingerprint density at radius 2 is 2.19 bits per heavy atom. The lowest BCUT2D eigenvalue weighted by Gasteiger charge is -2.22. The summed E-state index contributed by atoms with van der Waals surface area (Å²) in [4.78, 5) is 0. The molecular formula is C13H20FNO. The summed E-state index contributed by atoms with van der Waals surface area (Å²) in [5.74, 6) is 0.669. The van der Waals surface area contributed by atoms with Gasteiger partial charge in [0.2, 0.25) is 0 Å². The molecule has 0 amide bonds. The highest BCUT2D eigenvalue weighted by atomic mass is 19.1. The SMILES string of the molecule is CC1CCc2cc(F)ccc2O1.CCNC. The molecule has 0 saturated carbocycles. The molecule has 0 fully saturated rings. The highest BCUT2D eigenvalue weighted by Gasteiger charge is 2.15. The van der Waals surface area contributed by atoms with Crippen molar-refractivity contribution < 1.29 is 9.13 Å². The molecule has 16 heavy (non-hydrogen) atoms. The Morgan fingerprint density at radius 3 is 2.81 bits per heavy atom. The largest absolute Gasteiger partial charge is 0.490 e. The Kier molecular flexibility index (Phi) is 5.26. The van der Waals surface area contributed by atoms with E-state index in [9.17, 15) is 4.39 Å². The summed E-state index contributed by atoms with van der Waals surface area (Å²) in [6, 6.07) is 4.71. The maximum Gasteiger partial charge on any atom is 0.123 e. The van der Waals surface area contributed by atoms with Gasteiger partial charge < -0.3 is 10.1 Å². The van der Waals surface area contributed by atoms with Crippen LogP contribution in [-0.4, -0.2) is 19.7 Å². The molecule has 90 valence electrons. The molecule has 1 aliphatic heterocycles. The van der Waals surface area contributed by atoms with Gasteiger partial charge in [0.25, 0.3) is 0 Å². The Morgan fingerprint density at radius 1 is 1.50 bits per heavy atom. The van der Waals surface area contributed by atoms with Crippen LogP contribution in [0.25, 0.3) is 0 Å². The van der Waals surface area contributed by atoms with Crippen LogP contribution in [0.5, 0.6) is 5.75 Å². The van der Waals surface area contributed by atoms with Crippen LogP contribution in [0.15, 0.2) is 18.2 Å². The van der Waals surface area contributed by atoms with E-state index in [2.05, 4.69) is 12.2 Å². The Hall–Kier alpha value is -1.09. The fraction of sp³-hybridized carbons (Fsp3) is 0.538. The number of hydrogen-bond acceptors (Lipinski definition) is 2. The Labute approximate surface area is 96.8 Å². The van der Waals surface area contributed by atoms with Crippen LogP contribution in [0.3, 0.4) is 0 Å². The van der Waals surface area contributed by atoms with E-state index in [-0.39, 0.29) is 11.9 Å². The summed E-state index contributed by atoms with van der Waals surface area (Å²) in [5.41, 5.74) is 0.994. The van der Waals surface area contributed by atoms with E-state index in [0.29, 0.717) is 0 Å². The molecule has 1 aromatic rings. The first-order valence-corrected chi connectivity index (χ1v) is 5.77. The quantitative estimate of drug-likeness (QED) is 0.793. The molecule has 0 spiro atoms. The molecule has 2 nitrogen and oxygen atoms in total. The minimum Gasteiger partial charge on any atom is -0.490 e. The molecule has 2 rings (SSSR count). The normalized spacial score (nSPS) is 17.9. The van der Waals surface area contributed by atoms with E-state index < -0.39 is 0 Å². The van der Waals surface area contributed by atoms with Crippen LogP contribution in [0, 0.1) is 5.82 Å². The van der Waals surface area contributed by atoms with Crippen molar-refractivity contribution in [2.45, 2.75) is 32.8 Å². The zero-order valence-corrected chi connectivity index (χ0v) is 10.2. The topological polar surface area (TPSA) is 21.3 Å². The number of hydrogen-bond donors (Lipinski definition) is 1. The summed E-state index contributed by atoms with van der Waals surface area (Å²) < 4.78 is 18.3. The van der Waals surface area contributed by atoms with Crippen molar-refractivity contribution in [3.8, 4) is 5.75 Å². The molecule has 0 saturated heterocycles. The lowest BCUT2D eigenvalue weighted by Crippen LogP contribution is -2.18. The highest BCUT2D eigenvalue weighted by Crippen LogP contribution is 2.27. The van der Waals surface area contributed by atoms with Gasteiger partial charge in [-0.2, -0.15) is 0 Å². The molecule has 0 bridgehead atoms. The molecule has 1 N–H and O–H groups in total. The van der Waals surface area contributed by atoms with Crippen molar-refractivity contribution in [3.63, 3.8) is 0 Å². The second-order valence-electron chi connectivity index (χ2n) is 3.93. The van der Waals surface area contributed by atoms with Crippen molar-refractivity contribution in [3.05, 3.63) is 29.6 Å². The van der Waals surface area contributed by atoms with E-state index >= 15 is 0 Å². The first-order chi connectivity index (χ1) is 7.67. The van der Waals surface area contributed by atoms with Gasteiger partial charge >= 0.3 is 0 Å². The smallest absolute Gasteiger partial charge is 0.123 e. The van der Waals surface area contributed by atoms with Crippen molar-refractivity contribution in [1.29, 1.82) is 0 Å². The van der Waals surface area contributed by atoms with Gasteiger partial charge in [-0.25, -0.2) is 4.39 Å². The lowest BCUT2D eigenvalue weighted by molar-refractivity contribution is 0.192. The summed E-state index contributed by atoms with van der Waals surface area (Å²) in [7, 11) is 1.93. The fourth-order valence-electron chi connectivity index (χ4n) is 1.49. The third kappa shape index (κ3) is 3.81. The molecule has 0 aromatic heterocycles. The summed E-state index contributed by atoms with van der Waals surface area (Å²) in [6.45, 7) is 5.17. The van der Waals surface area contributed by atoms with Gasteiger partial charge in [-0.1, -0.05) is 6.92 Å². The van der Waals surface area contributed by atoms with E-state index in [1.807, 2.05) is 14.0 Å². The zero-order chi connectivity index (χ0) is 12.0. The average molecular weight is 225 g/mol. The second-order valence-corrected chi connectivity index (χ2v) is 3.93. The van der Waals surface area contributed by atoms with Crippen LogP contribution in [0.1, 0.15) is 25.8 Å². The van der Waals surface area contributed by atoms with Gasteiger partial charge in [0.05, 0.1) is 6.10 Å². The molecule has 1 aromatic carbocycles. The Bertz CT molecular complexity index is 326. The van der Waals surface area contributed by atoms with E-state index in [1.165, 1.54) is 6.07 Å². The van der Waals surface area contributed by atoms with Gasteiger partial charge in [0.15, 0.2) is 0 Å². The second kappa shape index (κ2) is 6.48. The van der Waals surface area contributed by atoms with Gasteiger partial charge in [0.1, 0.15) is 11.6 Å². The third-order valence-corrected chi connectivity index (χ3v) is 2.52. The molecular weight excluding hydrogens is 205 g/mol. The molecule has 1 aliphatic rings. The highest BCUT2D eigenvalue weighted by molar-refractivity contribution is 5.35. The van der Waals surface area contributed by atoms with Gasteiger partial charge in [-0.05, 0) is 57.1 Å². The minimum absolute atomic E-state index is 0.174. The monoisotopic (exact) mass is 225 g/mol. The first kappa shape index (κ1) is 13.0. The fourth-order valence-corrected chi connectivity index (χ4v) is 1.49. The van der Waals surface area contributed by atoms with Crippen molar-refractivity contribution in [2.75, 3.05) is 13.6 Å². The number of ether oxygens (including phenoxy) is 1. The molecule has 1 heterocycles. The Balaban J connectivity index is 0.000000280. The number of nitrogens with one attached hydrogen (secondary N) is 1. The maximum atomic E-state index is 12.7. The molecule has 1 unspecified atom stereocenters. The van der Waals surface area contributed by atoms with Gasteiger partial charge in [-0.15, -0.1) is 0 Å². The summed E-state index contributed by atoms with van der Waals surface area (Å²) >= 11 is 0. The lowest BCUT2D eigenvalue weighted by atomic mass is 10.0. The van der Waals surface area contributed by atoms with E-state index in [0.717, 1.165) is 30.7 Å². The minimum atomic E-state index is -0.174. The van der Waals surface area contributed by atoms with E-state index in [4.69, 9.17) is 4.74 Å². The van der Waals surface area contributed by atoms with Crippen molar-refractivity contribution >= 4 is 0 Å². The standard InChI is InChI=1S/C10H11FO.C3H9N/c1-7-2-3-8-6-9(11)4-5-10(8)12-7;1-3-4-2/h4-7H,2-3H2,1H3;4H,3H2,1-2H3. The molecule has 3 heteroatoms. The van der Waals surface area contributed by atoms with Crippen LogP contribution < -0.4 is 10.1 Å². The molecule has 1 atom stereocenters. The summed E-state index contributed by atoms with van der Waals surface area (Å²) in [6.07, 6.45) is 2.17. The average Bonchev–Trinajstić information content (AvgIpc) is 2.30. The predicted molar refractivity (Wildman–Crippen MR) is 64.4 cm³/mol. The molecule has 0 radical (unpaired) electrons. The number of aryl methyl sites for hydroxylation is 1. The summed E-state index contributed by atoms with van der Waals surface area (Å²) in [5, 5.41) is 2.93. The zero-order valence-electron chi connectivity index (χ0n) is 10.2.